The zero-order valence-corrected chi connectivity index (χ0v) is 15.5. The van der Waals surface area contributed by atoms with Crippen molar-refractivity contribution >= 4 is 17.2 Å². The third kappa shape index (κ3) is 3.77. The first-order chi connectivity index (χ1) is 11.9. The van der Waals surface area contributed by atoms with Gasteiger partial charge in [0.25, 0.3) is 0 Å². The number of amides is 1. The minimum atomic E-state index is -0.409. The SMILES string of the molecule is CC(C)C(C)(CN)NC(=O)Cc1csc(-c2ccc3c(c2)OCO3)n1. The molecule has 0 radical (unpaired) electrons. The lowest BCUT2D eigenvalue weighted by molar-refractivity contribution is -0.122. The number of nitrogens with two attached hydrogens (primary N) is 1. The first kappa shape index (κ1) is 17.7. The van der Waals surface area contributed by atoms with Gasteiger partial charge in [-0.25, -0.2) is 4.98 Å². The largest absolute Gasteiger partial charge is 0.454 e. The van der Waals surface area contributed by atoms with Crippen LogP contribution in [0.4, 0.5) is 0 Å². The molecule has 1 amide bonds. The van der Waals surface area contributed by atoms with Crippen LogP contribution >= 0.6 is 11.3 Å². The van der Waals surface area contributed by atoms with Crippen molar-refractivity contribution in [1.29, 1.82) is 0 Å². The van der Waals surface area contributed by atoms with Gasteiger partial charge >= 0.3 is 0 Å². The Labute approximate surface area is 151 Å². The van der Waals surface area contributed by atoms with Crippen molar-refractivity contribution in [1.82, 2.24) is 10.3 Å². The summed E-state index contributed by atoms with van der Waals surface area (Å²) in [4.78, 5) is 16.9. The number of rotatable bonds is 6. The molecule has 1 unspecified atom stereocenters. The van der Waals surface area contributed by atoms with Crippen LogP contribution in [0, 0.1) is 5.92 Å². The van der Waals surface area contributed by atoms with Crippen molar-refractivity contribution in [3.63, 3.8) is 0 Å². The van der Waals surface area contributed by atoms with Crippen LogP contribution in [-0.4, -0.2) is 29.8 Å². The van der Waals surface area contributed by atoms with E-state index in [0.717, 1.165) is 27.8 Å². The van der Waals surface area contributed by atoms with Crippen LogP contribution in [0.5, 0.6) is 11.5 Å². The summed E-state index contributed by atoms with van der Waals surface area (Å²) in [5.74, 6) is 1.66. The van der Waals surface area contributed by atoms with E-state index in [9.17, 15) is 4.79 Å². The van der Waals surface area contributed by atoms with Crippen molar-refractivity contribution in [2.24, 2.45) is 11.7 Å². The van der Waals surface area contributed by atoms with E-state index in [4.69, 9.17) is 15.2 Å². The highest BCUT2D eigenvalue weighted by Crippen LogP contribution is 2.36. The topological polar surface area (TPSA) is 86.5 Å². The normalized spacial score (nSPS) is 15.2. The summed E-state index contributed by atoms with van der Waals surface area (Å²) in [7, 11) is 0. The number of fused-ring (bicyclic) bond motifs is 1. The molecule has 0 spiro atoms. The van der Waals surface area contributed by atoms with Gasteiger partial charge in [0.2, 0.25) is 12.7 Å². The second-order valence-electron chi connectivity index (χ2n) is 6.71. The number of carbonyl (C=O) groups excluding carboxylic acids is 1. The monoisotopic (exact) mass is 361 g/mol. The molecule has 25 heavy (non-hydrogen) atoms. The van der Waals surface area contributed by atoms with Crippen LogP contribution in [0.25, 0.3) is 10.6 Å². The number of nitrogens with zero attached hydrogens (tertiary/aromatic N) is 1. The molecule has 1 aromatic carbocycles. The minimum absolute atomic E-state index is 0.0656. The molecule has 3 rings (SSSR count). The van der Waals surface area contributed by atoms with Crippen molar-refractivity contribution in [3.05, 3.63) is 29.3 Å². The number of hydrogen-bond acceptors (Lipinski definition) is 6. The lowest BCUT2D eigenvalue weighted by Gasteiger charge is -2.33. The predicted molar refractivity (Wildman–Crippen MR) is 97.8 cm³/mol. The van der Waals surface area contributed by atoms with Gasteiger partial charge in [-0.2, -0.15) is 0 Å². The minimum Gasteiger partial charge on any atom is -0.454 e. The molecule has 2 aromatic rings. The fraction of sp³-hybridized carbons (Fsp3) is 0.444. The van der Waals surface area contributed by atoms with Gasteiger partial charge in [-0.1, -0.05) is 13.8 Å². The highest BCUT2D eigenvalue weighted by Gasteiger charge is 2.28. The first-order valence-electron chi connectivity index (χ1n) is 8.27. The number of aromatic nitrogens is 1. The van der Waals surface area contributed by atoms with Gasteiger partial charge in [0.05, 0.1) is 17.7 Å². The summed E-state index contributed by atoms with van der Waals surface area (Å²) in [5, 5.41) is 5.80. The standard InChI is InChI=1S/C18H23N3O3S/c1-11(2)18(3,9-19)21-16(22)7-13-8-25-17(20-13)12-4-5-14-15(6-12)24-10-23-14/h4-6,8,11H,7,9-10,19H2,1-3H3,(H,21,22). The molecule has 134 valence electrons. The molecular weight excluding hydrogens is 338 g/mol. The van der Waals surface area contributed by atoms with E-state index < -0.39 is 5.54 Å². The van der Waals surface area contributed by atoms with Gasteiger partial charge in [0, 0.05) is 17.5 Å². The van der Waals surface area contributed by atoms with Gasteiger partial charge in [0.1, 0.15) is 5.01 Å². The molecule has 6 nitrogen and oxygen atoms in total. The Morgan fingerprint density at radius 3 is 2.88 bits per heavy atom. The van der Waals surface area contributed by atoms with E-state index in [0.29, 0.717) is 6.54 Å². The first-order valence-corrected chi connectivity index (χ1v) is 9.15. The number of benzene rings is 1. The van der Waals surface area contributed by atoms with Crippen LogP contribution in [0.1, 0.15) is 26.5 Å². The fourth-order valence-electron chi connectivity index (χ4n) is 2.51. The number of hydrogen-bond donors (Lipinski definition) is 2. The molecule has 1 atom stereocenters. The molecule has 3 N–H and O–H groups in total. The van der Waals surface area contributed by atoms with E-state index in [1.54, 1.807) is 0 Å². The highest BCUT2D eigenvalue weighted by atomic mass is 32.1. The molecule has 2 heterocycles. The van der Waals surface area contributed by atoms with Gasteiger partial charge < -0.3 is 20.5 Å². The molecule has 0 saturated heterocycles. The van der Waals surface area contributed by atoms with Crippen molar-refractivity contribution < 1.29 is 14.3 Å². The zero-order valence-electron chi connectivity index (χ0n) is 14.7. The molecule has 1 aliphatic rings. The van der Waals surface area contributed by atoms with Crippen LogP contribution in [0.15, 0.2) is 23.6 Å². The zero-order chi connectivity index (χ0) is 18.0. The maximum atomic E-state index is 12.4. The molecule has 7 heteroatoms. The summed E-state index contributed by atoms with van der Waals surface area (Å²) in [6.07, 6.45) is 0.239. The number of nitrogens with one attached hydrogen (secondary N) is 1. The lowest BCUT2D eigenvalue weighted by atomic mass is 9.88. The van der Waals surface area contributed by atoms with Gasteiger partial charge in [0.15, 0.2) is 11.5 Å². The summed E-state index contributed by atoms with van der Waals surface area (Å²) < 4.78 is 10.7. The van der Waals surface area contributed by atoms with E-state index in [1.807, 2.05) is 44.4 Å². The summed E-state index contributed by atoms with van der Waals surface area (Å²) in [5.41, 5.74) is 7.12. The quantitative estimate of drug-likeness (QED) is 0.826. The molecular formula is C18H23N3O3S. The molecule has 1 aliphatic heterocycles. The average molecular weight is 361 g/mol. The lowest BCUT2D eigenvalue weighted by Crippen LogP contribution is -2.55. The van der Waals surface area contributed by atoms with Crippen LogP contribution < -0.4 is 20.5 Å². The van der Waals surface area contributed by atoms with E-state index in [2.05, 4.69) is 10.3 Å². The van der Waals surface area contributed by atoms with E-state index in [-0.39, 0.29) is 25.0 Å². The summed E-state index contributed by atoms with van der Waals surface area (Å²) >= 11 is 1.51. The second-order valence-corrected chi connectivity index (χ2v) is 7.57. The van der Waals surface area contributed by atoms with Crippen LogP contribution in [0.2, 0.25) is 0 Å². The van der Waals surface area contributed by atoms with Crippen molar-refractivity contribution in [3.8, 4) is 22.1 Å². The van der Waals surface area contributed by atoms with Gasteiger partial charge in [-0.05, 0) is 31.0 Å². The van der Waals surface area contributed by atoms with Crippen LogP contribution in [-0.2, 0) is 11.2 Å². The Kier molecular flexibility index (Phi) is 4.96. The highest BCUT2D eigenvalue weighted by molar-refractivity contribution is 7.13. The third-order valence-corrected chi connectivity index (χ3v) is 5.58. The Morgan fingerprint density at radius 1 is 1.40 bits per heavy atom. The van der Waals surface area contributed by atoms with Crippen LogP contribution in [0.3, 0.4) is 0 Å². The van der Waals surface area contributed by atoms with Crippen molar-refractivity contribution in [2.45, 2.75) is 32.7 Å². The predicted octanol–water partition coefficient (Wildman–Crippen LogP) is 2.57. The Bertz CT molecular complexity index is 775. The molecule has 0 fully saturated rings. The molecule has 1 aromatic heterocycles. The van der Waals surface area contributed by atoms with E-state index in [1.165, 1.54) is 11.3 Å². The fourth-order valence-corrected chi connectivity index (χ4v) is 3.33. The van der Waals surface area contributed by atoms with Gasteiger partial charge in [-0.3, -0.25) is 4.79 Å². The Morgan fingerprint density at radius 2 is 2.16 bits per heavy atom. The third-order valence-electron chi connectivity index (χ3n) is 4.64. The average Bonchev–Trinajstić information content (AvgIpc) is 3.22. The molecule has 0 bridgehead atoms. The van der Waals surface area contributed by atoms with Gasteiger partial charge in [-0.15, -0.1) is 11.3 Å². The number of ether oxygens (including phenoxy) is 2. The maximum absolute atomic E-state index is 12.4. The number of carbonyl (C=O) groups is 1. The number of thiazole rings is 1. The smallest absolute Gasteiger partial charge is 0.231 e. The summed E-state index contributed by atoms with van der Waals surface area (Å²) in [6, 6.07) is 5.73. The summed E-state index contributed by atoms with van der Waals surface area (Å²) in [6.45, 7) is 6.71. The maximum Gasteiger partial charge on any atom is 0.231 e. The van der Waals surface area contributed by atoms with Crippen molar-refractivity contribution in [2.75, 3.05) is 13.3 Å². The molecule has 0 aliphatic carbocycles. The van der Waals surface area contributed by atoms with E-state index >= 15 is 0 Å². The molecule has 0 saturated carbocycles. The Hall–Kier alpha value is -2.12. The second kappa shape index (κ2) is 7.01. The Balaban J connectivity index is 1.68.